The lowest BCUT2D eigenvalue weighted by Crippen LogP contribution is -2.52. The number of benzene rings is 1. The van der Waals surface area contributed by atoms with Crippen molar-refractivity contribution in [2.45, 2.75) is 19.3 Å². The molecule has 0 unspecified atom stereocenters. The highest BCUT2D eigenvalue weighted by Gasteiger charge is 2.29. The maximum atomic E-state index is 13.7. The Balaban J connectivity index is 1.59. The van der Waals surface area contributed by atoms with Crippen LogP contribution in [0.2, 0.25) is 0 Å². The van der Waals surface area contributed by atoms with E-state index in [0.29, 0.717) is 32.2 Å². The molecule has 0 radical (unpaired) electrons. The lowest BCUT2D eigenvalue weighted by Gasteiger charge is -2.36. The molecule has 1 fully saturated rings. The summed E-state index contributed by atoms with van der Waals surface area (Å²) in [6.07, 6.45) is 6.72. The Morgan fingerprint density at radius 1 is 1.00 bits per heavy atom. The summed E-state index contributed by atoms with van der Waals surface area (Å²) in [7, 11) is 0. The lowest BCUT2D eigenvalue weighted by atomic mass is 9.93. The van der Waals surface area contributed by atoms with Crippen LogP contribution >= 0.6 is 0 Å². The van der Waals surface area contributed by atoms with Crippen molar-refractivity contribution in [3.05, 3.63) is 47.5 Å². The summed E-state index contributed by atoms with van der Waals surface area (Å²) in [5.74, 6) is -1.85. The van der Waals surface area contributed by atoms with Gasteiger partial charge in [0.25, 0.3) is 5.91 Å². The van der Waals surface area contributed by atoms with Crippen molar-refractivity contribution in [2.75, 3.05) is 26.2 Å². The highest BCUT2D eigenvalue weighted by atomic mass is 19.1. The van der Waals surface area contributed by atoms with E-state index in [4.69, 9.17) is 0 Å². The normalized spacial score (nSPS) is 21.0. The molecule has 2 amide bonds. The maximum absolute atomic E-state index is 13.7. The van der Waals surface area contributed by atoms with Gasteiger partial charge < -0.3 is 9.80 Å². The van der Waals surface area contributed by atoms with Gasteiger partial charge >= 0.3 is 0 Å². The minimum atomic E-state index is -0.854. The summed E-state index contributed by atoms with van der Waals surface area (Å²) in [6, 6.07) is 2.95. The van der Waals surface area contributed by atoms with E-state index in [2.05, 4.69) is 6.08 Å². The van der Waals surface area contributed by atoms with Crippen molar-refractivity contribution in [1.29, 1.82) is 0 Å². The van der Waals surface area contributed by atoms with Crippen molar-refractivity contribution < 1.29 is 18.4 Å². The Labute approximate surface area is 139 Å². The van der Waals surface area contributed by atoms with Gasteiger partial charge in [0.05, 0.1) is 5.56 Å². The van der Waals surface area contributed by atoms with Crippen LogP contribution in [0.5, 0.6) is 0 Å². The zero-order chi connectivity index (χ0) is 17.1. The Kier molecular flexibility index (Phi) is 4.92. The van der Waals surface area contributed by atoms with Crippen LogP contribution in [0.3, 0.4) is 0 Å². The molecule has 1 aromatic carbocycles. The predicted octanol–water partition coefficient (Wildman–Crippen LogP) is 2.61. The van der Waals surface area contributed by atoms with Crippen LogP contribution in [0.25, 0.3) is 0 Å². The summed E-state index contributed by atoms with van der Waals surface area (Å²) in [5, 5.41) is 0. The number of hydrogen-bond donors (Lipinski definition) is 0. The summed E-state index contributed by atoms with van der Waals surface area (Å²) < 4.78 is 26.7. The number of hydrogen-bond acceptors (Lipinski definition) is 2. The molecule has 1 aliphatic carbocycles. The van der Waals surface area contributed by atoms with E-state index in [1.54, 1.807) is 4.90 Å². The fourth-order valence-electron chi connectivity index (χ4n) is 3.24. The lowest BCUT2D eigenvalue weighted by molar-refractivity contribution is -0.137. The van der Waals surface area contributed by atoms with E-state index in [0.717, 1.165) is 25.3 Å². The van der Waals surface area contributed by atoms with E-state index >= 15 is 0 Å². The maximum Gasteiger partial charge on any atom is 0.256 e. The molecule has 1 saturated heterocycles. The molecule has 24 heavy (non-hydrogen) atoms. The van der Waals surface area contributed by atoms with Crippen LogP contribution in [0.4, 0.5) is 8.78 Å². The molecule has 1 aromatic rings. The first-order valence-electron chi connectivity index (χ1n) is 8.24. The molecule has 0 spiro atoms. The molecule has 6 heteroatoms. The third-order valence-corrected chi connectivity index (χ3v) is 4.66. The SMILES string of the molecule is O=C(c1ccc(F)cc1F)N1CCN(C(=O)[C@H]2CC=CCC2)CC1. The van der Waals surface area contributed by atoms with Gasteiger partial charge in [0.2, 0.25) is 5.91 Å². The minimum Gasteiger partial charge on any atom is -0.339 e. The van der Waals surface area contributed by atoms with Crippen LogP contribution in [0.15, 0.2) is 30.4 Å². The monoisotopic (exact) mass is 334 g/mol. The molecule has 0 N–H and O–H groups in total. The van der Waals surface area contributed by atoms with E-state index in [1.165, 1.54) is 11.0 Å². The summed E-state index contributed by atoms with van der Waals surface area (Å²) >= 11 is 0. The van der Waals surface area contributed by atoms with Gasteiger partial charge in [-0.3, -0.25) is 9.59 Å². The number of carbonyl (C=O) groups is 2. The van der Waals surface area contributed by atoms with Crippen molar-refractivity contribution in [3.63, 3.8) is 0 Å². The van der Waals surface area contributed by atoms with Crippen LogP contribution in [0, 0.1) is 17.6 Å². The van der Waals surface area contributed by atoms with Gasteiger partial charge in [-0.25, -0.2) is 8.78 Å². The van der Waals surface area contributed by atoms with E-state index in [-0.39, 0.29) is 17.4 Å². The zero-order valence-electron chi connectivity index (χ0n) is 13.4. The molecular formula is C18H20F2N2O2. The molecule has 0 saturated carbocycles. The number of piperazine rings is 1. The van der Waals surface area contributed by atoms with Gasteiger partial charge in [-0.1, -0.05) is 12.2 Å². The number of allylic oxidation sites excluding steroid dienone is 2. The average molecular weight is 334 g/mol. The second kappa shape index (κ2) is 7.11. The highest BCUT2D eigenvalue weighted by Crippen LogP contribution is 2.22. The first-order valence-corrected chi connectivity index (χ1v) is 8.24. The van der Waals surface area contributed by atoms with Gasteiger partial charge in [-0.2, -0.15) is 0 Å². The highest BCUT2D eigenvalue weighted by molar-refractivity contribution is 5.94. The van der Waals surface area contributed by atoms with Crippen molar-refractivity contribution in [3.8, 4) is 0 Å². The topological polar surface area (TPSA) is 40.6 Å². The van der Waals surface area contributed by atoms with E-state index < -0.39 is 17.5 Å². The summed E-state index contributed by atoms with van der Waals surface area (Å²) in [5.41, 5.74) is -0.131. The van der Waals surface area contributed by atoms with Crippen molar-refractivity contribution in [1.82, 2.24) is 9.80 Å². The molecule has 0 bridgehead atoms. The van der Waals surface area contributed by atoms with E-state index in [1.807, 2.05) is 6.08 Å². The second-order valence-electron chi connectivity index (χ2n) is 6.22. The molecule has 4 nitrogen and oxygen atoms in total. The fraction of sp³-hybridized carbons (Fsp3) is 0.444. The quantitative estimate of drug-likeness (QED) is 0.780. The van der Waals surface area contributed by atoms with E-state index in [9.17, 15) is 18.4 Å². The third-order valence-electron chi connectivity index (χ3n) is 4.66. The van der Waals surface area contributed by atoms with Gasteiger partial charge in [0.15, 0.2) is 0 Å². The Bertz CT molecular complexity index is 667. The molecule has 128 valence electrons. The number of rotatable bonds is 2. The fourth-order valence-corrected chi connectivity index (χ4v) is 3.24. The number of amides is 2. The summed E-state index contributed by atoms with van der Waals surface area (Å²) in [4.78, 5) is 28.1. The van der Waals surface area contributed by atoms with Gasteiger partial charge in [0, 0.05) is 38.2 Å². The molecule has 3 rings (SSSR count). The minimum absolute atomic E-state index is 0.0341. The number of nitrogens with zero attached hydrogens (tertiary/aromatic N) is 2. The first kappa shape index (κ1) is 16.6. The van der Waals surface area contributed by atoms with Crippen LogP contribution in [0.1, 0.15) is 29.6 Å². The summed E-state index contributed by atoms with van der Waals surface area (Å²) in [6.45, 7) is 1.63. The van der Waals surface area contributed by atoms with Crippen molar-refractivity contribution in [2.24, 2.45) is 5.92 Å². The van der Waals surface area contributed by atoms with Crippen LogP contribution in [-0.2, 0) is 4.79 Å². The number of carbonyl (C=O) groups excluding carboxylic acids is 2. The van der Waals surface area contributed by atoms with Crippen LogP contribution < -0.4 is 0 Å². The smallest absolute Gasteiger partial charge is 0.256 e. The molecule has 1 aliphatic heterocycles. The number of halogens is 2. The molecular weight excluding hydrogens is 314 g/mol. The largest absolute Gasteiger partial charge is 0.339 e. The Morgan fingerprint density at radius 2 is 1.71 bits per heavy atom. The van der Waals surface area contributed by atoms with Gasteiger partial charge in [0.1, 0.15) is 11.6 Å². The van der Waals surface area contributed by atoms with Crippen LogP contribution in [-0.4, -0.2) is 47.8 Å². The molecule has 1 atom stereocenters. The molecule has 2 aliphatic rings. The predicted molar refractivity (Wildman–Crippen MR) is 85.3 cm³/mol. The standard InChI is InChI=1S/C18H20F2N2O2/c19-14-6-7-15(16(20)12-14)18(24)22-10-8-21(9-11-22)17(23)13-4-2-1-3-5-13/h1-2,6-7,12-13H,3-5,8-11H2/t13-/m0/s1. The zero-order valence-corrected chi connectivity index (χ0v) is 13.4. The molecule has 0 aromatic heterocycles. The third kappa shape index (κ3) is 3.47. The Hall–Kier alpha value is -2.24. The first-order chi connectivity index (χ1) is 11.6. The van der Waals surface area contributed by atoms with Crippen molar-refractivity contribution >= 4 is 11.8 Å². The second-order valence-corrected chi connectivity index (χ2v) is 6.22. The van der Waals surface area contributed by atoms with Gasteiger partial charge in [-0.15, -0.1) is 0 Å². The van der Waals surface area contributed by atoms with Gasteiger partial charge in [-0.05, 0) is 31.4 Å². The molecule has 1 heterocycles. The Morgan fingerprint density at radius 3 is 2.33 bits per heavy atom. The average Bonchev–Trinajstić information content (AvgIpc) is 2.61.